The third-order valence-electron chi connectivity index (χ3n) is 2.50. The van der Waals surface area contributed by atoms with Gasteiger partial charge in [-0.3, -0.25) is 0 Å². The van der Waals surface area contributed by atoms with E-state index < -0.39 is 33.7 Å². The van der Waals surface area contributed by atoms with Crippen LogP contribution in [0.1, 0.15) is 27.7 Å². The maximum atomic E-state index is 12.2. The standard InChI is InChI=1S/C13H21NO6S2/c1-12(2,3)20-11(15)13(4,16)8-14-22(17,18)10-9(19-5)6-7-21-10/h6-7,14,16H,8H2,1-5H3. The fraction of sp³-hybridized carbons (Fsp3) is 0.615. The SMILES string of the molecule is COc1ccsc1S(=O)(=O)NCC(C)(O)C(=O)OC(C)(C)C. The summed E-state index contributed by atoms with van der Waals surface area (Å²) in [5.41, 5.74) is -2.76. The van der Waals surface area contributed by atoms with Crippen molar-refractivity contribution < 1.29 is 27.8 Å². The summed E-state index contributed by atoms with van der Waals surface area (Å²) in [6, 6.07) is 1.52. The van der Waals surface area contributed by atoms with Gasteiger partial charge in [-0.2, -0.15) is 0 Å². The first kappa shape index (κ1) is 18.9. The predicted octanol–water partition coefficient (Wildman–Crippen LogP) is 1.13. The smallest absolute Gasteiger partial charge is 0.339 e. The predicted molar refractivity (Wildman–Crippen MR) is 82.5 cm³/mol. The summed E-state index contributed by atoms with van der Waals surface area (Å²) in [4.78, 5) is 11.9. The Balaban J connectivity index is 2.81. The summed E-state index contributed by atoms with van der Waals surface area (Å²) in [5.74, 6) is -0.699. The second kappa shape index (κ2) is 6.53. The number of ether oxygens (including phenoxy) is 2. The van der Waals surface area contributed by atoms with Gasteiger partial charge in [-0.05, 0) is 39.1 Å². The van der Waals surface area contributed by atoms with Crippen molar-refractivity contribution in [1.82, 2.24) is 4.72 Å². The van der Waals surface area contributed by atoms with Crippen LogP contribution in [0.5, 0.6) is 5.75 Å². The summed E-state index contributed by atoms with van der Waals surface area (Å²) >= 11 is 0.977. The molecule has 0 aliphatic rings. The van der Waals surface area contributed by atoms with Gasteiger partial charge in [-0.25, -0.2) is 17.9 Å². The number of hydrogen-bond donors (Lipinski definition) is 2. The van der Waals surface area contributed by atoms with Gasteiger partial charge < -0.3 is 14.6 Å². The summed E-state index contributed by atoms with van der Waals surface area (Å²) < 4.78 is 36.6. The number of methoxy groups -OCH3 is 1. The molecule has 126 valence electrons. The molecule has 0 aromatic carbocycles. The van der Waals surface area contributed by atoms with E-state index in [2.05, 4.69) is 4.72 Å². The van der Waals surface area contributed by atoms with Crippen molar-refractivity contribution >= 4 is 27.3 Å². The minimum absolute atomic E-state index is 0.0185. The first-order valence-electron chi connectivity index (χ1n) is 6.46. The van der Waals surface area contributed by atoms with E-state index in [-0.39, 0.29) is 9.96 Å². The summed E-state index contributed by atoms with van der Waals surface area (Å²) in [7, 11) is -2.54. The topological polar surface area (TPSA) is 102 Å². The molecule has 0 saturated heterocycles. The molecular formula is C13H21NO6S2. The van der Waals surface area contributed by atoms with Gasteiger partial charge in [0, 0.05) is 0 Å². The Bertz CT molecular complexity index is 627. The number of sulfonamides is 1. The molecule has 1 aromatic rings. The number of hydrogen-bond acceptors (Lipinski definition) is 7. The Labute approximate surface area is 134 Å². The highest BCUT2D eigenvalue weighted by Crippen LogP contribution is 2.29. The lowest BCUT2D eigenvalue weighted by Crippen LogP contribution is -2.49. The number of carbonyl (C=O) groups is 1. The summed E-state index contributed by atoms with van der Waals surface area (Å²) in [5, 5.41) is 11.7. The number of nitrogens with one attached hydrogen (secondary N) is 1. The van der Waals surface area contributed by atoms with E-state index in [4.69, 9.17) is 9.47 Å². The van der Waals surface area contributed by atoms with E-state index in [0.717, 1.165) is 11.3 Å². The van der Waals surface area contributed by atoms with Gasteiger partial charge in [-0.15, -0.1) is 11.3 Å². The lowest BCUT2D eigenvalue weighted by Gasteiger charge is -2.27. The van der Waals surface area contributed by atoms with Crippen molar-refractivity contribution in [1.29, 1.82) is 0 Å². The van der Waals surface area contributed by atoms with E-state index in [0.29, 0.717) is 0 Å². The molecule has 1 rings (SSSR count). The van der Waals surface area contributed by atoms with E-state index in [1.807, 2.05) is 0 Å². The van der Waals surface area contributed by atoms with Crippen LogP contribution in [-0.4, -0.2) is 44.4 Å². The van der Waals surface area contributed by atoms with Crippen molar-refractivity contribution in [3.63, 3.8) is 0 Å². The molecule has 0 spiro atoms. The number of aliphatic hydroxyl groups is 1. The molecule has 1 heterocycles. The molecule has 1 atom stereocenters. The Morgan fingerprint density at radius 2 is 1.95 bits per heavy atom. The van der Waals surface area contributed by atoms with Crippen molar-refractivity contribution in [3.8, 4) is 5.75 Å². The minimum atomic E-state index is -3.89. The number of thiophene rings is 1. The normalized spacial score (nSPS) is 15.2. The molecule has 0 aliphatic heterocycles. The van der Waals surface area contributed by atoms with Crippen molar-refractivity contribution in [2.45, 2.75) is 43.1 Å². The van der Waals surface area contributed by atoms with Crippen LogP contribution in [-0.2, 0) is 19.6 Å². The van der Waals surface area contributed by atoms with Crippen molar-refractivity contribution in [2.75, 3.05) is 13.7 Å². The van der Waals surface area contributed by atoms with Crippen LogP contribution in [0.3, 0.4) is 0 Å². The molecule has 0 saturated carbocycles. The van der Waals surface area contributed by atoms with E-state index >= 15 is 0 Å². The molecule has 0 aliphatic carbocycles. The van der Waals surface area contributed by atoms with Crippen LogP contribution in [0.25, 0.3) is 0 Å². The Morgan fingerprint density at radius 1 is 1.36 bits per heavy atom. The number of carbonyl (C=O) groups excluding carboxylic acids is 1. The average molecular weight is 351 g/mol. The van der Waals surface area contributed by atoms with E-state index in [9.17, 15) is 18.3 Å². The fourth-order valence-electron chi connectivity index (χ4n) is 1.39. The Kier molecular flexibility index (Phi) is 5.61. The maximum absolute atomic E-state index is 12.2. The molecule has 0 radical (unpaired) electrons. The van der Waals surface area contributed by atoms with Gasteiger partial charge in [0.25, 0.3) is 10.0 Å². The van der Waals surface area contributed by atoms with E-state index in [1.54, 1.807) is 26.2 Å². The highest BCUT2D eigenvalue weighted by atomic mass is 32.2. The minimum Gasteiger partial charge on any atom is -0.494 e. The third kappa shape index (κ3) is 4.94. The van der Waals surface area contributed by atoms with Crippen LogP contribution in [0, 0.1) is 0 Å². The Hall–Kier alpha value is -1.16. The number of rotatable bonds is 6. The molecule has 1 aromatic heterocycles. The lowest BCUT2D eigenvalue weighted by molar-refractivity contribution is -0.174. The van der Waals surface area contributed by atoms with Crippen LogP contribution < -0.4 is 9.46 Å². The second-order valence-electron chi connectivity index (χ2n) is 5.88. The van der Waals surface area contributed by atoms with Gasteiger partial charge in [0.05, 0.1) is 13.7 Å². The lowest BCUT2D eigenvalue weighted by atomic mass is 10.1. The van der Waals surface area contributed by atoms with Gasteiger partial charge >= 0.3 is 5.97 Å². The summed E-state index contributed by atoms with van der Waals surface area (Å²) in [6.07, 6.45) is 0. The molecule has 0 amide bonds. The highest BCUT2D eigenvalue weighted by Gasteiger charge is 2.36. The zero-order valence-corrected chi connectivity index (χ0v) is 14.8. The highest BCUT2D eigenvalue weighted by molar-refractivity contribution is 7.91. The molecule has 9 heteroatoms. The van der Waals surface area contributed by atoms with Gasteiger partial charge in [-0.1, -0.05) is 0 Å². The van der Waals surface area contributed by atoms with Crippen molar-refractivity contribution in [2.24, 2.45) is 0 Å². The molecule has 0 bridgehead atoms. The van der Waals surface area contributed by atoms with Gasteiger partial charge in [0.1, 0.15) is 11.4 Å². The largest absolute Gasteiger partial charge is 0.494 e. The monoisotopic (exact) mass is 351 g/mol. The van der Waals surface area contributed by atoms with Crippen LogP contribution >= 0.6 is 11.3 Å². The van der Waals surface area contributed by atoms with Gasteiger partial charge in [0.2, 0.25) is 0 Å². The number of esters is 1. The zero-order chi connectivity index (χ0) is 17.2. The molecular weight excluding hydrogens is 330 g/mol. The first-order chi connectivity index (χ1) is 9.89. The molecule has 22 heavy (non-hydrogen) atoms. The van der Waals surface area contributed by atoms with Crippen molar-refractivity contribution in [3.05, 3.63) is 11.4 Å². The van der Waals surface area contributed by atoms with Gasteiger partial charge in [0.15, 0.2) is 9.81 Å². The fourth-order valence-corrected chi connectivity index (χ4v) is 3.84. The van der Waals surface area contributed by atoms with Crippen LogP contribution in [0.15, 0.2) is 15.7 Å². The Morgan fingerprint density at radius 3 is 2.45 bits per heavy atom. The molecule has 0 fully saturated rings. The zero-order valence-electron chi connectivity index (χ0n) is 13.2. The maximum Gasteiger partial charge on any atom is 0.339 e. The molecule has 7 nitrogen and oxygen atoms in total. The quantitative estimate of drug-likeness (QED) is 0.745. The molecule has 1 unspecified atom stereocenters. The second-order valence-corrected chi connectivity index (χ2v) is 8.76. The molecule has 2 N–H and O–H groups in total. The van der Waals surface area contributed by atoms with E-state index in [1.165, 1.54) is 20.1 Å². The third-order valence-corrected chi connectivity index (χ3v) is 5.35. The summed E-state index contributed by atoms with van der Waals surface area (Å²) in [6.45, 7) is 5.64. The first-order valence-corrected chi connectivity index (χ1v) is 8.82. The van der Waals surface area contributed by atoms with Crippen LogP contribution in [0.2, 0.25) is 0 Å². The van der Waals surface area contributed by atoms with Crippen LogP contribution in [0.4, 0.5) is 0 Å². The average Bonchev–Trinajstić information content (AvgIpc) is 2.83.